The lowest BCUT2D eigenvalue weighted by Crippen LogP contribution is -2.63. The Labute approximate surface area is 202 Å². The third kappa shape index (κ3) is 4.50. The summed E-state index contributed by atoms with van der Waals surface area (Å²) in [5.41, 5.74) is 1.90. The van der Waals surface area contributed by atoms with Crippen LogP contribution in [0.1, 0.15) is 38.1 Å². The van der Waals surface area contributed by atoms with Crippen molar-refractivity contribution in [1.29, 1.82) is 0 Å². The van der Waals surface area contributed by atoms with E-state index < -0.39 is 31.9 Å². The van der Waals surface area contributed by atoms with Crippen LogP contribution in [0.5, 0.6) is 0 Å². The van der Waals surface area contributed by atoms with Gasteiger partial charge in [0.2, 0.25) is 0 Å². The molecule has 3 aromatic rings. The van der Waals surface area contributed by atoms with Gasteiger partial charge in [0.1, 0.15) is 19.0 Å². The fourth-order valence-electron chi connectivity index (χ4n) is 4.07. The van der Waals surface area contributed by atoms with E-state index in [4.69, 9.17) is 0 Å². The standard InChI is InChI=1S/C21H25F4N7S2/c1-11-14(7-23)27-12(6-22)9-31(11)15-5-13(34-30-21(2)3-4-21)10-32-16(8-26-18(15)32)19-28-29-20(33-19)17(24)25/h5,8,10-12,14,17,27,30H,3-4,6-7,9H2,1-2H3. The Bertz CT molecular complexity index is 1170. The molecule has 3 aromatic heterocycles. The fourth-order valence-corrected chi connectivity index (χ4v) is 5.67. The molecule has 2 aliphatic rings. The van der Waals surface area contributed by atoms with Gasteiger partial charge in [-0.2, -0.15) is 0 Å². The topological polar surface area (TPSA) is 70.4 Å². The van der Waals surface area contributed by atoms with E-state index in [0.717, 1.165) is 34.8 Å². The molecule has 13 heteroatoms. The van der Waals surface area contributed by atoms with Crippen LogP contribution in [0.15, 0.2) is 23.4 Å². The average Bonchev–Trinajstić information content (AvgIpc) is 3.21. The van der Waals surface area contributed by atoms with Gasteiger partial charge in [-0.25, -0.2) is 22.5 Å². The lowest BCUT2D eigenvalue weighted by atomic mass is 10.0. The summed E-state index contributed by atoms with van der Waals surface area (Å²) in [5.74, 6) is 0. The lowest BCUT2D eigenvalue weighted by Gasteiger charge is -2.44. The van der Waals surface area contributed by atoms with Gasteiger partial charge in [-0.15, -0.1) is 10.2 Å². The number of aromatic nitrogens is 4. The van der Waals surface area contributed by atoms with Gasteiger partial charge in [0.25, 0.3) is 6.43 Å². The van der Waals surface area contributed by atoms with Crippen molar-refractivity contribution in [3.63, 3.8) is 0 Å². The van der Waals surface area contributed by atoms with Gasteiger partial charge in [0, 0.05) is 29.2 Å². The van der Waals surface area contributed by atoms with E-state index >= 15 is 0 Å². The van der Waals surface area contributed by atoms with Crippen molar-refractivity contribution in [3.8, 4) is 10.7 Å². The van der Waals surface area contributed by atoms with Gasteiger partial charge < -0.3 is 10.2 Å². The second-order valence-electron chi connectivity index (χ2n) is 9.08. The number of nitrogens with zero attached hydrogens (tertiary/aromatic N) is 5. The largest absolute Gasteiger partial charge is 0.362 e. The molecule has 184 valence electrons. The number of fused-ring (bicyclic) bond motifs is 1. The number of anilines is 1. The lowest BCUT2D eigenvalue weighted by molar-refractivity contribution is 0.150. The van der Waals surface area contributed by atoms with Gasteiger partial charge in [-0.3, -0.25) is 9.12 Å². The summed E-state index contributed by atoms with van der Waals surface area (Å²) in [4.78, 5) is 7.40. The molecule has 7 nitrogen and oxygen atoms in total. The molecule has 0 radical (unpaired) electrons. The quantitative estimate of drug-likeness (QED) is 0.340. The Morgan fingerprint density at radius 1 is 1.29 bits per heavy atom. The van der Waals surface area contributed by atoms with Gasteiger partial charge >= 0.3 is 0 Å². The van der Waals surface area contributed by atoms with E-state index in [2.05, 4.69) is 32.1 Å². The number of hydrogen-bond acceptors (Lipinski definition) is 8. The first-order valence-corrected chi connectivity index (χ1v) is 12.7. The highest BCUT2D eigenvalue weighted by Crippen LogP contribution is 2.39. The van der Waals surface area contributed by atoms with Gasteiger partial charge in [-0.05, 0) is 44.7 Å². The van der Waals surface area contributed by atoms with Crippen molar-refractivity contribution < 1.29 is 17.6 Å². The zero-order chi connectivity index (χ0) is 24.0. The number of hydrogen-bond donors (Lipinski definition) is 2. The van der Waals surface area contributed by atoms with Crippen LogP contribution < -0.4 is 14.9 Å². The number of rotatable bonds is 8. The van der Waals surface area contributed by atoms with Gasteiger partial charge in [0.15, 0.2) is 15.7 Å². The predicted molar refractivity (Wildman–Crippen MR) is 125 cm³/mol. The molecule has 5 rings (SSSR count). The summed E-state index contributed by atoms with van der Waals surface area (Å²) in [6.45, 7) is 3.14. The summed E-state index contributed by atoms with van der Waals surface area (Å²) >= 11 is 2.29. The Morgan fingerprint density at radius 2 is 2.09 bits per heavy atom. The number of pyridine rings is 1. The highest BCUT2D eigenvalue weighted by atomic mass is 32.2. The van der Waals surface area contributed by atoms with Crippen LogP contribution in [0.2, 0.25) is 0 Å². The molecule has 34 heavy (non-hydrogen) atoms. The van der Waals surface area contributed by atoms with E-state index in [0.29, 0.717) is 22.9 Å². The Kier molecular flexibility index (Phi) is 6.46. The Morgan fingerprint density at radius 3 is 2.74 bits per heavy atom. The smallest absolute Gasteiger partial charge is 0.291 e. The minimum Gasteiger partial charge on any atom is -0.362 e. The second kappa shape index (κ2) is 9.25. The summed E-state index contributed by atoms with van der Waals surface area (Å²) in [6.07, 6.45) is 2.91. The summed E-state index contributed by atoms with van der Waals surface area (Å²) in [6, 6.07) is 0.675. The summed E-state index contributed by atoms with van der Waals surface area (Å²) < 4.78 is 58.9. The third-order valence-corrected chi connectivity index (χ3v) is 8.43. The number of piperazine rings is 1. The van der Waals surface area contributed by atoms with Gasteiger partial charge in [0.05, 0.1) is 24.0 Å². The number of halogens is 4. The highest BCUT2D eigenvalue weighted by Gasteiger charge is 2.38. The van der Waals surface area contributed by atoms with E-state index in [1.165, 1.54) is 11.9 Å². The normalized spacial score (nSPS) is 24.3. The minimum absolute atomic E-state index is 0.0733. The molecule has 3 unspecified atom stereocenters. The molecule has 2 fully saturated rings. The first kappa shape index (κ1) is 23.8. The van der Waals surface area contributed by atoms with Crippen molar-refractivity contribution in [2.75, 3.05) is 24.8 Å². The van der Waals surface area contributed by atoms with Crippen LogP contribution in [0.25, 0.3) is 16.3 Å². The Hall–Kier alpha value is -1.96. The highest BCUT2D eigenvalue weighted by molar-refractivity contribution is 7.97. The van der Waals surface area contributed by atoms with E-state index in [-0.39, 0.29) is 16.6 Å². The van der Waals surface area contributed by atoms with Crippen molar-refractivity contribution in [3.05, 3.63) is 23.5 Å². The maximum atomic E-state index is 13.8. The molecule has 1 aliphatic heterocycles. The van der Waals surface area contributed by atoms with Crippen LogP contribution in [0.4, 0.5) is 23.2 Å². The molecule has 3 atom stereocenters. The van der Waals surface area contributed by atoms with Crippen molar-refractivity contribution in [2.24, 2.45) is 0 Å². The molecule has 1 saturated heterocycles. The maximum absolute atomic E-state index is 13.8. The summed E-state index contributed by atoms with van der Waals surface area (Å²) in [5, 5.41) is 10.6. The van der Waals surface area contributed by atoms with Crippen LogP contribution in [0.3, 0.4) is 0 Å². The van der Waals surface area contributed by atoms with Crippen LogP contribution in [0, 0.1) is 0 Å². The van der Waals surface area contributed by atoms with Crippen molar-refractivity contribution in [2.45, 2.75) is 61.7 Å². The molecular formula is C21H25F4N7S2. The number of imidazole rings is 1. The average molecular weight is 516 g/mol. The molecule has 0 aromatic carbocycles. The second-order valence-corrected chi connectivity index (χ2v) is 11.0. The molecular weight excluding hydrogens is 490 g/mol. The van der Waals surface area contributed by atoms with Crippen LogP contribution >= 0.6 is 23.3 Å². The minimum atomic E-state index is -2.70. The first-order chi connectivity index (χ1) is 16.3. The van der Waals surface area contributed by atoms with Crippen molar-refractivity contribution in [1.82, 2.24) is 29.6 Å². The molecule has 0 amide bonds. The van der Waals surface area contributed by atoms with Crippen LogP contribution in [-0.2, 0) is 0 Å². The molecule has 0 bridgehead atoms. The fraction of sp³-hybridized carbons (Fsp3) is 0.571. The number of nitrogens with one attached hydrogen (secondary N) is 2. The zero-order valence-corrected chi connectivity index (χ0v) is 20.3. The van der Waals surface area contributed by atoms with E-state index in [1.807, 2.05) is 24.1 Å². The molecule has 1 aliphatic carbocycles. The maximum Gasteiger partial charge on any atom is 0.291 e. The molecule has 0 spiro atoms. The molecule has 1 saturated carbocycles. The predicted octanol–water partition coefficient (Wildman–Crippen LogP) is 4.41. The molecule has 4 heterocycles. The van der Waals surface area contributed by atoms with Crippen molar-refractivity contribution >= 4 is 34.6 Å². The molecule has 2 N–H and O–H groups in total. The van der Waals surface area contributed by atoms with E-state index in [1.54, 1.807) is 10.6 Å². The van der Waals surface area contributed by atoms with Crippen LogP contribution in [-0.4, -0.2) is 63.1 Å². The summed E-state index contributed by atoms with van der Waals surface area (Å²) in [7, 11) is 0. The SMILES string of the molecule is CC1C(CF)NC(CF)CN1c1cc(SNC2(C)CC2)cn2c(-c3nnc(C(F)F)s3)cnc12. The first-order valence-electron chi connectivity index (χ1n) is 11.0. The Balaban J connectivity index is 1.60. The third-order valence-electron chi connectivity index (χ3n) is 6.43. The monoisotopic (exact) mass is 515 g/mol. The zero-order valence-electron chi connectivity index (χ0n) is 18.6. The number of alkyl halides is 4. The van der Waals surface area contributed by atoms with Gasteiger partial charge in [-0.1, -0.05) is 11.3 Å². The van der Waals surface area contributed by atoms with E-state index in [9.17, 15) is 17.6 Å².